The number of nitrogens with one attached hydrogen (secondary N) is 1. The number of methoxy groups -OCH3 is 1. The first kappa shape index (κ1) is 19.6. The van der Waals surface area contributed by atoms with Gasteiger partial charge in [0.25, 0.3) is 0 Å². The highest BCUT2D eigenvalue weighted by Gasteiger charge is 2.11. The third-order valence-corrected chi connectivity index (χ3v) is 4.45. The predicted octanol–water partition coefficient (Wildman–Crippen LogP) is 4.03. The van der Waals surface area contributed by atoms with Crippen LogP contribution in [0.1, 0.15) is 28.2 Å². The molecular formula is C21H19ClN2O4. The first-order valence-corrected chi connectivity index (χ1v) is 9.08. The summed E-state index contributed by atoms with van der Waals surface area (Å²) < 4.78 is 10.3. The molecule has 0 fully saturated rings. The summed E-state index contributed by atoms with van der Waals surface area (Å²) >= 11 is 6.15. The number of hydrogen-bond acceptors (Lipinski definition) is 5. The van der Waals surface area contributed by atoms with Crippen molar-refractivity contribution in [2.24, 2.45) is 0 Å². The van der Waals surface area contributed by atoms with Crippen molar-refractivity contribution in [1.29, 1.82) is 0 Å². The van der Waals surface area contributed by atoms with Gasteiger partial charge in [-0.1, -0.05) is 35.9 Å². The van der Waals surface area contributed by atoms with Crippen LogP contribution in [0.2, 0.25) is 5.02 Å². The van der Waals surface area contributed by atoms with Crippen LogP contribution in [0.5, 0.6) is 0 Å². The minimum absolute atomic E-state index is 0.116. The number of aromatic nitrogens is 1. The van der Waals surface area contributed by atoms with E-state index in [2.05, 4.69) is 15.0 Å². The smallest absolute Gasteiger partial charge is 0.337 e. The topological polar surface area (TPSA) is 81.4 Å². The zero-order valence-corrected chi connectivity index (χ0v) is 16.0. The average Bonchev–Trinajstić information content (AvgIpc) is 3.19. The highest BCUT2D eigenvalue weighted by Crippen LogP contribution is 2.28. The number of aryl methyl sites for hydroxylation is 1. The molecule has 3 aromatic rings. The fourth-order valence-corrected chi connectivity index (χ4v) is 2.83. The zero-order valence-electron chi connectivity index (χ0n) is 15.3. The molecule has 0 unspecified atom stereocenters. The lowest BCUT2D eigenvalue weighted by Gasteiger charge is -2.05. The van der Waals surface area contributed by atoms with E-state index in [4.69, 9.17) is 16.0 Å². The van der Waals surface area contributed by atoms with Gasteiger partial charge in [-0.25, -0.2) is 9.78 Å². The molecule has 1 amide bonds. The molecule has 28 heavy (non-hydrogen) atoms. The lowest BCUT2D eigenvalue weighted by Crippen LogP contribution is -2.23. The second-order valence-electron chi connectivity index (χ2n) is 6.06. The summed E-state index contributed by atoms with van der Waals surface area (Å²) in [6.07, 6.45) is 2.25. The molecule has 0 aliphatic rings. The SMILES string of the molecule is COC(=O)c1ccc(CNC(=O)CCc2ncc(-c3ccccc3Cl)o2)cc1. The van der Waals surface area contributed by atoms with Crippen LogP contribution in [0.4, 0.5) is 0 Å². The Morgan fingerprint density at radius 3 is 2.61 bits per heavy atom. The molecular weight excluding hydrogens is 380 g/mol. The van der Waals surface area contributed by atoms with Gasteiger partial charge in [0.15, 0.2) is 11.7 Å². The van der Waals surface area contributed by atoms with Crippen LogP contribution in [0.15, 0.2) is 59.1 Å². The highest BCUT2D eigenvalue weighted by atomic mass is 35.5. The quantitative estimate of drug-likeness (QED) is 0.607. The molecule has 1 heterocycles. The van der Waals surface area contributed by atoms with E-state index in [9.17, 15) is 9.59 Å². The monoisotopic (exact) mass is 398 g/mol. The third-order valence-electron chi connectivity index (χ3n) is 4.12. The van der Waals surface area contributed by atoms with Crippen LogP contribution in [0.25, 0.3) is 11.3 Å². The Kier molecular flexibility index (Phi) is 6.45. The predicted molar refractivity (Wildman–Crippen MR) is 105 cm³/mol. The molecule has 0 aliphatic heterocycles. The van der Waals surface area contributed by atoms with Gasteiger partial charge in [0.05, 0.1) is 23.9 Å². The molecule has 0 saturated carbocycles. The maximum absolute atomic E-state index is 12.1. The van der Waals surface area contributed by atoms with Gasteiger partial charge < -0.3 is 14.5 Å². The Labute approximate surface area is 167 Å². The third kappa shape index (κ3) is 4.98. The average molecular weight is 399 g/mol. The number of halogens is 1. The van der Waals surface area contributed by atoms with Gasteiger partial charge in [0.2, 0.25) is 5.91 Å². The van der Waals surface area contributed by atoms with Crippen LogP contribution in [-0.4, -0.2) is 24.0 Å². The first-order chi connectivity index (χ1) is 13.6. The number of carbonyl (C=O) groups is 2. The van der Waals surface area contributed by atoms with E-state index in [-0.39, 0.29) is 12.3 Å². The van der Waals surface area contributed by atoms with Crippen molar-refractivity contribution < 1.29 is 18.7 Å². The van der Waals surface area contributed by atoms with Crippen LogP contribution >= 0.6 is 11.6 Å². The Morgan fingerprint density at radius 2 is 1.89 bits per heavy atom. The Bertz CT molecular complexity index is 967. The molecule has 0 saturated heterocycles. The number of ether oxygens (including phenoxy) is 1. The van der Waals surface area contributed by atoms with Crippen molar-refractivity contribution in [2.45, 2.75) is 19.4 Å². The maximum Gasteiger partial charge on any atom is 0.337 e. The van der Waals surface area contributed by atoms with Gasteiger partial charge in [-0.3, -0.25) is 4.79 Å². The Morgan fingerprint density at radius 1 is 1.14 bits per heavy atom. The second-order valence-corrected chi connectivity index (χ2v) is 6.47. The van der Waals surface area contributed by atoms with Crippen molar-refractivity contribution in [2.75, 3.05) is 7.11 Å². The van der Waals surface area contributed by atoms with Gasteiger partial charge in [-0.2, -0.15) is 0 Å². The molecule has 0 atom stereocenters. The number of oxazole rings is 1. The summed E-state index contributed by atoms with van der Waals surface area (Å²) in [4.78, 5) is 27.7. The number of nitrogens with zero attached hydrogens (tertiary/aromatic N) is 1. The highest BCUT2D eigenvalue weighted by molar-refractivity contribution is 6.33. The minimum atomic E-state index is -0.391. The van der Waals surface area contributed by atoms with E-state index < -0.39 is 5.97 Å². The lowest BCUT2D eigenvalue weighted by molar-refractivity contribution is -0.121. The minimum Gasteiger partial charge on any atom is -0.465 e. The molecule has 1 aromatic heterocycles. The van der Waals surface area contributed by atoms with E-state index in [0.29, 0.717) is 35.2 Å². The fraction of sp³-hybridized carbons (Fsp3) is 0.190. The molecule has 1 N–H and O–H groups in total. The summed E-state index contributed by atoms with van der Waals surface area (Å²) in [6, 6.07) is 14.2. The summed E-state index contributed by atoms with van der Waals surface area (Å²) in [5.41, 5.74) is 2.12. The van der Waals surface area contributed by atoms with Crippen molar-refractivity contribution in [3.05, 3.63) is 76.8 Å². The van der Waals surface area contributed by atoms with E-state index in [1.807, 2.05) is 18.2 Å². The van der Waals surface area contributed by atoms with E-state index in [1.165, 1.54) is 7.11 Å². The van der Waals surface area contributed by atoms with Crippen molar-refractivity contribution in [3.63, 3.8) is 0 Å². The number of esters is 1. The lowest BCUT2D eigenvalue weighted by atomic mass is 10.1. The Hall–Kier alpha value is -3.12. The Balaban J connectivity index is 1.48. The van der Waals surface area contributed by atoms with Crippen LogP contribution < -0.4 is 5.32 Å². The van der Waals surface area contributed by atoms with Gasteiger partial charge in [0.1, 0.15) is 0 Å². The largest absolute Gasteiger partial charge is 0.465 e. The van der Waals surface area contributed by atoms with E-state index in [0.717, 1.165) is 11.1 Å². The number of amides is 1. The maximum atomic E-state index is 12.1. The van der Waals surface area contributed by atoms with Gasteiger partial charge in [-0.05, 0) is 29.8 Å². The molecule has 0 bridgehead atoms. The summed E-state index contributed by atoms with van der Waals surface area (Å²) in [7, 11) is 1.34. The molecule has 144 valence electrons. The standard InChI is InChI=1S/C21H19ClN2O4/c1-27-21(26)15-8-6-14(7-9-15)12-23-19(25)10-11-20-24-13-18(28-20)16-4-2-3-5-17(16)22/h2-9,13H,10-12H2,1H3,(H,23,25). The van der Waals surface area contributed by atoms with E-state index >= 15 is 0 Å². The van der Waals surface area contributed by atoms with Crippen molar-refractivity contribution in [1.82, 2.24) is 10.3 Å². The number of rotatable bonds is 7. The van der Waals surface area contributed by atoms with Crippen molar-refractivity contribution >= 4 is 23.5 Å². The van der Waals surface area contributed by atoms with Gasteiger partial charge in [-0.15, -0.1) is 0 Å². The molecule has 0 radical (unpaired) electrons. The fourth-order valence-electron chi connectivity index (χ4n) is 2.60. The summed E-state index contributed by atoms with van der Waals surface area (Å²) in [5, 5.41) is 3.42. The zero-order chi connectivity index (χ0) is 19.9. The second kappa shape index (κ2) is 9.19. The molecule has 7 heteroatoms. The summed E-state index contributed by atoms with van der Waals surface area (Å²) in [5.74, 6) is 0.548. The molecule has 6 nitrogen and oxygen atoms in total. The number of hydrogen-bond donors (Lipinski definition) is 1. The first-order valence-electron chi connectivity index (χ1n) is 8.70. The molecule has 2 aromatic carbocycles. The molecule has 0 aliphatic carbocycles. The normalized spacial score (nSPS) is 10.5. The van der Waals surface area contributed by atoms with Crippen molar-refractivity contribution in [3.8, 4) is 11.3 Å². The van der Waals surface area contributed by atoms with Gasteiger partial charge >= 0.3 is 5.97 Å². The number of benzene rings is 2. The van der Waals surface area contributed by atoms with Crippen LogP contribution in [0, 0.1) is 0 Å². The van der Waals surface area contributed by atoms with Crippen LogP contribution in [0.3, 0.4) is 0 Å². The summed E-state index contributed by atoms with van der Waals surface area (Å²) in [6.45, 7) is 0.372. The van der Waals surface area contributed by atoms with Gasteiger partial charge in [0, 0.05) is 24.9 Å². The van der Waals surface area contributed by atoms with E-state index in [1.54, 1.807) is 36.5 Å². The van der Waals surface area contributed by atoms with Crippen LogP contribution in [-0.2, 0) is 22.5 Å². The molecule has 0 spiro atoms. The number of carbonyl (C=O) groups excluding carboxylic acids is 2. The molecule has 3 rings (SSSR count).